The van der Waals surface area contributed by atoms with Crippen molar-refractivity contribution < 1.29 is 28.7 Å². The third-order valence-electron chi connectivity index (χ3n) is 6.46. The molecule has 0 spiro atoms. The van der Waals surface area contributed by atoms with E-state index < -0.39 is 17.4 Å². The maximum Gasteiger partial charge on any atom is 0.328 e. The number of carbonyl (C=O) groups excluding carboxylic acids is 4. The van der Waals surface area contributed by atoms with Crippen LogP contribution in [0.25, 0.3) is 0 Å². The Hall–Kier alpha value is -5.08. The minimum Gasteiger partial charge on any atom is -0.465 e. The number of benzene rings is 3. The van der Waals surface area contributed by atoms with Gasteiger partial charge in [-0.3, -0.25) is 19.2 Å². The molecule has 8 nitrogen and oxygen atoms in total. The fourth-order valence-corrected chi connectivity index (χ4v) is 4.64. The molecule has 0 atom stereocenters. The molecule has 0 aliphatic heterocycles. The van der Waals surface area contributed by atoms with E-state index in [-0.39, 0.29) is 64.6 Å². The number of carbonyl (C=O) groups is 4. The standard InChI is InChI=1S/C30H22N2O6/c1-3-37-28(35)30(29(36)38-4-2,21-11-10-19(16-31)20(14-21)17-32)15-18-9-12-24-25(13-18)27(34)23-8-6-5-7-22(23)26(24)33/h5-14H,3-4,15H2,1-2H3. The van der Waals surface area contributed by atoms with Crippen molar-refractivity contribution in [3.8, 4) is 12.1 Å². The maximum absolute atomic E-state index is 13.5. The van der Waals surface area contributed by atoms with Crippen LogP contribution in [0.2, 0.25) is 0 Å². The molecule has 0 heterocycles. The molecule has 8 heteroatoms. The summed E-state index contributed by atoms with van der Waals surface area (Å²) in [4.78, 5) is 53.3. The molecule has 0 N–H and O–H groups in total. The summed E-state index contributed by atoms with van der Waals surface area (Å²) in [7, 11) is 0. The van der Waals surface area contributed by atoms with Crippen molar-refractivity contribution in [1.29, 1.82) is 10.5 Å². The lowest BCUT2D eigenvalue weighted by Crippen LogP contribution is -2.48. The van der Waals surface area contributed by atoms with Crippen molar-refractivity contribution in [2.45, 2.75) is 25.7 Å². The van der Waals surface area contributed by atoms with Crippen LogP contribution in [0.4, 0.5) is 0 Å². The van der Waals surface area contributed by atoms with E-state index in [4.69, 9.17) is 9.47 Å². The highest BCUT2D eigenvalue weighted by Crippen LogP contribution is 2.35. The van der Waals surface area contributed by atoms with Crippen molar-refractivity contribution in [3.63, 3.8) is 0 Å². The number of rotatable bonds is 7. The quantitative estimate of drug-likeness (QED) is 0.273. The maximum atomic E-state index is 13.5. The summed E-state index contributed by atoms with van der Waals surface area (Å²) in [5, 5.41) is 18.9. The number of nitrogens with zero attached hydrogens (tertiary/aromatic N) is 2. The van der Waals surface area contributed by atoms with E-state index in [2.05, 4.69) is 0 Å². The zero-order valence-electron chi connectivity index (χ0n) is 20.7. The number of esters is 2. The molecule has 1 aliphatic carbocycles. The molecule has 0 fully saturated rings. The van der Waals surface area contributed by atoms with E-state index in [0.717, 1.165) is 0 Å². The Morgan fingerprint density at radius 2 is 1.29 bits per heavy atom. The second-order valence-corrected chi connectivity index (χ2v) is 8.59. The summed E-state index contributed by atoms with van der Waals surface area (Å²) >= 11 is 0. The molecule has 38 heavy (non-hydrogen) atoms. The Morgan fingerprint density at radius 3 is 1.84 bits per heavy atom. The molecule has 4 rings (SSSR count). The normalized spacial score (nSPS) is 12.0. The molecule has 0 bridgehead atoms. The first-order valence-electron chi connectivity index (χ1n) is 11.9. The highest BCUT2D eigenvalue weighted by atomic mass is 16.6. The average Bonchev–Trinajstić information content (AvgIpc) is 2.94. The SMILES string of the molecule is CCOC(=O)C(Cc1ccc2c(c1)C(=O)c1ccccc1C2=O)(C(=O)OCC)c1ccc(C#N)c(C#N)c1. The van der Waals surface area contributed by atoms with Crippen molar-refractivity contribution in [3.05, 3.63) is 105 Å². The third-order valence-corrected chi connectivity index (χ3v) is 6.46. The lowest BCUT2D eigenvalue weighted by atomic mass is 9.73. The van der Waals surface area contributed by atoms with Crippen LogP contribution in [0.5, 0.6) is 0 Å². The fraction of sp³-hybridized carbons (Fsp3) is 0.200. The number of ketones is 2. The van der Waals surface area contributed by atoms with Crippen LogP contribution in [0.15, 0.2) is 60.7 Å². The van der Waals surface area contributed by atoms with E-state index in [1.165, 1.54) is 30.3 Å². The highest BCUT2D eigenvalue weighted by molar-refractivity contribution is 6.28. The van der Waals surface area contributed by atoms with Gasteiger partial charge in [-0.1, -0.05) is 42.5 Å². The van der Waals surface area contributed by atoms with Gasteiger partial charge in [0, 0.05) is 28.7 Å². The first-order chi connectivity index (χ1) is 18.3. The number of hydrogen-bond acceptors (Lipinski definition) is 8. The van der Waals surface area contributed by atoms with E-state index in [0.29, 0.717) is 11.1 Å². The summed E-state index contributed by atoms with van der Waals surface area (Å²) in [6.45, 7) is 3.12. The van der Waals surface area contributed by atoms with Gasteiger partial charge in [0.05, 0.1) is 24.3 Å². The van der Waals surface area contributed by atoms with Crippen LogP contribution in [0, 0.1) is 22.7 Å². The molecule has 0 radical (unpaired) electrons. The Bertz CT molecular complexity index is 1560. The summed E-state index contributed by atoms with van der Waals surface area (Å²) in [5.41, 5.74) is -0.518. The van der Waals surface area contributed by atoms with Gasteiger partial charge in [0.15, 0.2) is 17.0 Å². The van der Waals surface area contributed by atoms with Crippen LogP contribution in [0.3, 0.4) is 0 Å². The second kappa shape index (κ2) is 10.5. The molecule has 3 aromatic rings. The first-order valence-corrected chi connectivity index (χ1v) is 11.9. The summed E-state index contributed by atoms with van der Waals surface area (Å²) in [5.74, 6) is -2.45. The van der Waals surface area contributed by atoms with Gasteiger partial charge in [-0.25, -0.2) is 0 Å². The van der Waals surface area contributed by atoms with E-state index in [1.54, 1.807) is 44.2 Å². The Kier molecular flexibility index (Phi) is 7.18. The first kappa shape index (κ1) is 26.0. The van der Waals surface area contributed by atoms with Gasteiger partial charge >= 0.3 is 11.9 Å². The predicted molar refractivity (Wildman–Crippen MR) is 134 cm³/mol. The Labute approximate surface area is 219 Å². The molecule has 0 saturated carbocycles. The molecule has 0 unspecified atom stereocenters. The van der Waals surface area contributed by atoms with E-state index in [9.17, 15) is 29.7 Å². The topological polar surface area (TPSA) is 134 Å². The molecule has 0 amide bonds. The van der Waals surface area contributed by atoms with Crippen molar-refractivity contribution >= 4 is 23.5 Å². The van der Waals surface area contributed by atoms with Gasteiger partial charge in [0.1, 0.15) is 12.1 Å². The van der Waals surface area contributed by atoms with Gasteiger partial charge < -0.3 is 9.47 Å². The van der Waals surface area contributed by atoms with Crippen LogP contribution >= 0.6 is 0 Å². The monoisotopic (exact) mass is 506 g/mol. The average molecular weight is 507 g/mol. The van der Waals surface area contributed by atoms with Crippen LogP contribution in [0.1, 0.15) is 67.9 Å². The second-order valence-electron chi connectivity index (χ2n) is 8.59. The number of hydrogen-bond donors (Lipinski definition) is 0. The third kappa shape index (κ3) is 4.23. The van der Waals surface area contributed by atoms with Crippen LogP contribution in [-0.2, 0) is 30.9 Å². The number of fused-ring (bicyclic) bond motifs is 2. The molecular weight excluding hydrogens is 484 g/mol. The van der Waals surface area contributed by atoms with E-state index >= 15 is 0 Å². The highest BCUT2D eigenvalue weighted by Gasteiger charge is 2.51. The molecule has 1 aliphatic rings. The minimum atomic E-state index is -2.04. The van der Waals surface area contributed by atoms with Gasteiger partial charge in [-0.05, 0) is 43.2 Å². The van der Waals surface area contributed by atoms with Gasteiger partial charge in [0.25, 0.3) is 0 Å². The van der Waals surface area contributed by atoms with Crippen molar-refractivity contribution in [2.75, 3.05) is 13.2 Å². The number of nitriles is 2. The van der Waals surface area contributed by atoms with Crippen LogP contribution in [-0.4, -0.2) is 36.7 Å². The fourth-order valence-electron chi connectivity index (χ4n) is 4.64. The Balaban J connectivity index is 1.90. The lowest BCUT2D eigenvalue weighted by molar-refractivity contribution is -0.165. The van der Waals surface area contributed by atoms with Crippen LogP contribution < -0.4 is 0 Å². The zero-order valence-corrected chi connectivity index (χ0v) is 20.7. The summed E-state index contributed by atoms with van der Waals surface area (Å²) < 4.78 is 10.6. The zero-order chi connectivity index (χ0) is 27.4. The summed E-state index contributed by atoms with van der Waals surface area (Å²) in [6, 6.07) is 19.0. The largest absolute Gasteiger partial charge is 0.465 e. The molecule has 0 aromatic heterocycles. The summed E-state index contributed by atoms with van der Waals surface area (Å²) in [6.07, 6.45) is -0.280. The molecule has 0 saturated heterocycles. The van der Waals surface area contributed by atoms with Gasteiger partial charge in [-0.2, -0.15) is 10.5 Å². The lowest BCUT2D eigenvalue weighted by Gasteiger charge is -2.30. The van der Waals surface area contributed by atoms with Gasteiger partial charge in [0.2, 0.25) is 0 Å². The van der Waals surface area contributed by atoms with Crippen molar-refractivity contribution in [2.24, 2.45) is 0 Å². The minimum absolute atomic E-state index is 0.0224. The molecule has 3 aromatic carbocycles. The van der Waals surface area contributed by atoms with Gasteiger partial charge in [-0.15, -0.1) is 0 Å². The number of ether oxygens (including phenoxy) is 2. The molecule has 188 valence electrons. The molecular formula is C30H22N2O6. The van der Waals surface area contributed by atoms with Crippen molar-refractivity contribution in [1.82, 2.24) is 0 Å². The Morgan fingerprint density at radius 1 is 0.737 bits per heavy atom. The predicted octanol–water partition coefficient (Wildman–Crippen LogP) is 3.81. The smallest absolute Gasteiger partial charge is 0.328 e. The van der Waals surface area contributed by atoms with E-state index in [1.807, 2.05) is 12.1 Å².